The molecule has 0 atom stereocenters. The SMILES string of the molecule is CCc1ccc2ccccc2c1CNC(C)(C)c1noc(C)n1. The second kappa shape index (κ2) is 6.13. The van der Waals surface area contributed by atoms with Crippen molar-refractivity contribution in [3.05, 3.63) is 59.2 Å². The van der Waals surface area contributed by atoms with Crippen molar-refractivity contribution >= 4 is 10.8 Å². The number of aryl methyl sites for hydroxylation is 2. The fourth-order valence-corrected chi connectivity index (χ4v) is 2.86. The molecule has 0 unspecified atom stereocenters. The maximum Gasteiger partial charge on any atom is 0.223 e. The molecule has 0 bridgehead atoms. The van der Waals surface area contributed by atoms with Crippen LogP contribution in [0.2, 0.25) is 0 Å². The van der Waals surface area contributed by atoms with Gasteiger partial charge in [0.25, 0.3) is 0 Å². The Labute approximate surface area is 136 Å². The molecule has 0 aliphatic carbocycles. The van der Waals surface area contributed by atoms with Gasteiger partial charge < -0.3 is 9.84 Å². The first-order chi connectivity index (χ1) is 11.0. The Bertz CT molecular complexity index is 820. The lowest BCUT2D eigenvalue weighted by atomic mass is 9.96. The molecule has 23 heavy (non-hydrogen) atoms. The van der Waals surface area contributed by atoms with Crippen LogP contribution in [0.3, 0.4) is 0 Å². The molecule has 0 saturated heterocycles. The van der Waals surface area contributed by atoms with E-state index in [-0.39, 0.29) is 5.54 Å². The van der Waals surface area contributed by atoms with E-state index in [0.29, 0.717) is 11.7 Å². The summed E-state index contributed by atoms with van der Waals surface area (Å²) in [6.07, 6.45) is 1.02. The van der Waals surface area contributed by atoms with Crippen molar-refractivity contribution in [2.75, 3.05) is 0 Å². The quantitative estimate of drug-likeness (QED) is 0.770. The van der Waals surface area contributed by atoms with Crippen molar-refractivity contribution in [1.82, 2.24) is 15.5 Å². The van der Waals surface area contributed by atoms with Gasteiger partial charge in [-0.1, -0.05) is 48.5 Å². The maximum absolute atomic E-state index is 5.12. The average Bonchev–Trinajstić information content (AvgIpc) is 3.00. The van der Waals surface area contributed by atoms with Crippen LogP contribution in [0.1, 0.15) is 43.6 Å². The van der Waals surface area contributed by atoms with Gasteiger partial charge in [-0.05, 0) is 42.2 Å². The Morgan fingerprint density at radius 1 is 1.13 bits per heavy atom. The second-order valence-electron chi connectivity index (χ2n) is 6.39. The lowest BCUT2D eigenvalue weighted by Gasteiger charge is -2.24. The highest BCUT2D eigenvalue weighted by Crippen LogP contribution is 2.25. The molecule has 2 aromatic carbocycles. The molecule has 0 fully saturated rings. The molecule has 0 aliphatic rings. The number of hydrogen-bond acceptors (Lipinski definition) is 4. The molecule has 1 N–H and O–H groups in total. The average molecular weight is 309 g/mol. The van der Waals surface area contributed by atoms with Crippen LogP contribution in [0, 0.1) is 6.92 Å². The highest BCUT2D eigenvalue weighted by atomic mass is 16.5. The molecule has 120 valence electrons. The third kappa shape index (κ3) is 3.13. The Hall–Kier alpha value is -2.20. The summed E-state index contributed by atoms with van der Waals surface area (Å²) < 4.78 is 5.12. The van der Waals surface area contributed by atoms with Crippen LogP contribution in [0.5, 0.6) is 0 Å². The summed E-state index contributed by atoms with van der Waals surface area (Å²) in [4.78, 5) is 4.36. The van der Waals surface area contributed by atoms with E-state index in [1.165, 1.54) is 21.9 Å². The van der Waals surface area contributed by atoms with E-state index in [4.69, 9.17) is 4.52 Å². The number of rotatable bonds is 5. The third-order valence-corrected chi connectivity index (χ3v) is 4.31. The van der Waals surface area contributed by atoms with E-state index >= 15 is 0 Å². The van der Waals surface area contributed by atoms with Gasteiger partial charge >= 0.3 is 0 Å². The largest absolute Gasteiger partial charge is 0.340 e. The minimum atomic E-state index is -0.348. The highest BCUT2D eigenvalue weighted by molar-refractivity contribution is 5.86. The van der Waals surface area contributed by atoms with Crippen LogP contribution in [-0.2, 0) is 18.5 Å². The summed E-state index contributed by atoms with van der Waals surface area (Å²) >= 11 is 0. The van der Waals surface area contributed by atoms with Crippen LogP contribution < -0.4 is 5.32 Å². The van der Waals surface area contributed by atoms with Gasteiger partial charge in [0, 0.05) is 13.5 Å². The number of nitrogens with zero attached hydrogens (tertiary/aromatic N) is 2. The molecule has 0 saturated carbocycles. The summed E-state index contributed by atoms with van der Waals surface area (Å²) in [5.41, 5.74) is 2.37. The molecular weight excluding hydrogens is 286 g/mol. The molecular formula is C19H23N3O. The van der Waals surface area contributed by atoms with Crippen molar-refractivity contribution in [3.8, 4) is 0 Å². The molecule has 1 aromatic heterocycles. The minimum absolute atomic E-state index is 0.348. The Morgan fingerprint density at radius 2 is 1.91 bits per heavy atom. The standard InChI is InChI=1S/C19H23N3O/c1-5-14-10-11-15-8-6-7-9-16(15)17(14)12-20-19(3,4)18-21-13(2)23-22-18/h6-11,20H,5,12H2,1-4H3. The predicted molar refractivity (Wildman–Crippen MR) is 92.2 cm³/mol. The van der Waals surface area contributed by atoms with Gasteiger partial charge in [-0.25, -0.2) is 0 Å². The van der Waals surface area contributed by atoms with Gasteiger partial charge in [0.05, 0.1) is 5.54 Å². The van der Waals surface area contributed by atoms with Crippen LogP contribution in [0.25, 0.3) is 10.8 Å². The van der Waals surface area contributed by atoms with E-state index in [1.54, 1.807) is 0 Å². The van der Waals surface area contributed by atoms with Crippen molar-refractivity contribution in [1.29, 1.82) is 0 Å². The van der Waals surface area contributed by atoms with Gasteiger partial charge in [-0.3, -0.25) is 0 Å². The lowest BCUT2D eigenvalue weighted by Crippen LogP contribution is -2.37. The summed E-state index contributed by atoms with van der Waals surface area (Å²) in [7, 11) is 0. The Kier molecular flexibility index (Phi) is 4.18. The van der Waals surface area contributed by atoms with Crippen LogP contribution in [0.15, 0.2) is 40.9 Å². The lowest BCUT2D eigenvalue weighted by molar-refractivity contribution is 0.337. The number of benzene rings is 2. The zero-order valence-corrected chi connectivity index (χ0v) is 14.2. The van der Waals surface area contributed by atoms with E-state index < -0.39 is 0 Å². The smallest absolute Gasteiger partial charge is 0.223 e. The summed E-state index contributed by atoms with van der Waals surface area (Å²) in [5.74, 6) is 1.28. The van der Waals surface area contributed by atoms with E-state index in [1.807, 2.05) is 6.92 Å². The fraction of sp³-hybridized carbons (Fsp3) is 0.368. The van der Waals surface area contributed by atoms with E-state index in [9.17, 15) is 0 Å². The summed E-state index contributed by atoms with van der Waals surface area (Å²) in [6.45, 7) is 8.93. The summed E-state index contributed by atoms with van der Waals surface area (Å²) in [6, 6.07) is 13.0. The number of nitrogens with one attached hydrogen (secondary N) is 1. The third-order valence-electron chi connectivity index (χ3n) is 4.31. The second-order valence-corrected chi connectivity index (χ2v) is 6.39. The van der Waals surface area contributed by atoms with E-state index in [0.717, 1.165) is 13.0 Å². The van der Waals surface area contributed by atoms with Crippen molar-refractivity contribution < 1.29 is 4.52 Å². The molecule has 4 nitrogen and oxygen atoms in total. The molecule has 0 spiro atoms. The van der Waals surface area contributed by atoms with E-state index in [2.05, 4.69) is 72.6 Å². The van der Waals surface area contributed by atoms with Gasteiger partial charge in [0.2, 0.25) is 5.89 Å². The van der Waals surface area contributed by atoms with Crippen LogP contribution in [0.4, 0.5) is 0 Å². The number of hydrogen-bond donors (Lipinski definition) is 1. The minimum Gasteiger partial charge on any atom is -0.340 e. The topological polar surface area (TPSA) is 51.0 Å². The zero-order valence-electron chi connectivity index (χ0n) is 14.2. The first-order valence-corrected chi connectivity index (χ1v) is 8.06. The predicted octanol–water partition coefficient (Wildman–Crippen LogP) is 4.12. The van der Waals surface area contributed by atoms with Gasteiger partial charge in [0.1, 0.15) is 0 Å². The molecule has 0 aliphatic heterocycles. The first kappa shape index (κ1) is 15.7. The maximum atomic E-state index is 5.12. The van der Waals surface area contributed by atoms with Gasteiger partial charge in [0.15, 0.2) is 5.82 Å². The first-order valence-electron chi connectivity index (χ1n) is 8.06. The monoisotopic (exact) mass is 309 g/mol. The van der Waals surface area contributed by atoms with Crippen LogP contribution in [-0.4, -0.2) is 10.1 Å². The molecule has 3 aromatic rings. The summed E-state index contributed by atoms with van der Waals surface area (Å²) in [5, 5.41) is 10.2. The fourth-order valence-electron chi connectivity index (χ4n) is 2.86. The number of fused-ring (bicyclic) bond motifs is 1. The van der Waals surface area contributed by atoms with Crippen molar-refractivity contribution in [2.24, 2.45) is 0 Å². The molecule has 0 amide bonds. The molecule has 0 radical (unpaired) electrons. The van der Waals surface area contributed by atoms with Gasteiger partial charge in [-0.15, -0.1) is 0 Å². The van der Waals surface area contributed by atoms with Crippen molar-refractivity contribution in [2.45, 2.75) is 46.2 Å². The Morgan fingerprint density at radius 3 is 2.61 bits per heavy atom. The van der Waals surface area contributed by atoms with Crippen LogP contribution >= 0.6 is 0 Å². The zero-order chi connectivity index (χ0) is 16.4. The molecule has 1 heterocycles. The highest BCUT2D eigenvalue weighted by Gasteiger charge is 2.26. The van der Waals surface area contributed by atoms with Crippen molar-refractivity contribution in [3.63, 3.8) is 0 Å². The number of aromatic nitrogens is 2. The molecule has 3 rings (SSSR count). The normalized spacial score (nSPS) is 12.0. The Balaban J connectivity index is 1.92. The van der Waals surface area contributed by atoms with Gasteiger partial charge in [-0.2, -0.15) is 4.98 Å². The molecule has 4 heteroatoms.